The van der Waals surface area contributed by atoms with Crippen LogP contribution in [0.4, 0.5) is 0 Å². The second-order valence-corrected chi connectivity index (χ2v) is 9.47. The summed E-state index contributed by atoms with van der Waals surface area (Å²) >= 11 is 15.4. The van der Waals surface area contributed by atoms with Crippen LogP contribution in [-0.2, 0) is 6.42 Å². The van der Waals surface area contributed by atoms with E-state index < -0.39 is 0 Å². The molecule has 4 rings (SSSR count). The molecule has 2 aliphatic rings. The van der Waals surface area contributed by atoms with Crippen molar-refractivity contribution >= 4 is 54.8 Å². The molecule has 0 bridgehead atoms. The van der Waals surface area contributed by atoms with Crippen LogP contribution < -0.4 is 0 Å². The van der Waals surface area contributed by atoms with Crippen LogP contribution in [0.3, 0.4) is 0 Å². The van der Waals surface area contributed by atoms with Crippen LogP contribution in [0.5, 0.6) is 0 Å². The van der Waals surface area contributed by atoms with E-state index in [0.717, 1.165) is 26.6 Å². The molecule has 4 heteroatoms. The average molecular weight is 433 g/mol. The third kappa shape index (κ3) is 2.13. The number of rotatable bonds is 2. The normalized spacial score (nSPS) is 28.6. The Morgan fingerprint density at radius 2 is 2.10 bits per heavy atom. The first-order valence-corrected chi connectivity index (χ1v) is 9.73. The Morgan fingerprint density at radius 3 is 2.85 bits per heavy atom. The Kier molecular flexibility index (Phi) is 3.53. The molecule has 1 aromatic heterocycles. The van der Waals surface area contributed by atoms with Crippen molar-refractivity contribution in [2.24, 2.45) is 11.8 Å². The lowest BCUT2D eigenvalue weighted by Gasteiger charge is -2.13. The Morgan fingerprint density at radius 1 is 1.30 bits per heavy atom. The minimum atomic E-state index is 0.428. The lowest BCUT2D eigenvalue weighted by molar-refractivity contribution is 0.629. The molecule has 104 valence electrons. The molecular formula is C16H13Br2ClS. The molecule has 1 aromatic carbocycles. The summed E-state index contributed by atoms with van der Waals surface area (Å²) in [5.41, 5.74) is 3.14. The number of aryl methyl sites for hydroxylation is 1. The maximum atomic E-state index is 6.18. The van der Waals surface area contributed by atoms with Gasteiger partial charge in [0.25, 0.3) is 0 Å². The fraction of sp³-hybridized carbons (Fsp3) is 0.375. The maximum absolute atomic E-state index is 6.18. The Bertz CT molecular complexity index is 647. The number of halogens is 3. The topological polar surface area (TPSA) is 0 Å². The molecule has 2 aliphatic carbocycles. The van der Waals surface area contributed by atoms with Crippen molar-refractivity contribution < 1.29 is 0 Å². The molecular weight excluding hydrogens is 420 g/mol. The fourth-order valence-corrected chi connectivity index (χ4v) is 6.62. The highest BCUT2D eigenvalue weighted by Crippen LogP contribution is 2.66. The first kappa shape index (κ1) is 13.8. The summed E-state index contributed by atoms with van der Waals surface area (Å²) in [4.78, 5) is 1.77. The van der Waals surface area contributed by atoms with Crippen LogP contribution in [0.15, 0.2) is 34.1 Å². The quantitative estimate of drug-likeness (QED) is 0.471. The average Bonchev–Trinajstić information content (AvgIpc) is 3.11. The standard InChI is InChI=1S/C16H13Br2ClS/c17-15(12-7-11(19)16(18)20-12)14-10-6-5-8-3-1-2-4-9(8)13(10)14/h1-4,7,10,13-15H,5-6H2. The van der Waals surface area contributed by atoms with Crippen molar-refractivity contribution in [3.63, 3.8) is 0 Å². The Hall–Kier alpha value is 0.170. The van der Waals surface area contributed by atoms with Gasteiger partial charge in [-0.2, -0.15) is 0 Å². The van der Waals surface area contributed by atoms with Gasteiger partial charge in [0.15, 0.2) is 0 Å². The zero-order valence-corrected chi connectivity index (χ0v) is 15.4. The number of benzene rings is 1. The number of alkyl halides is 1. The Balaban J connectivity index is 1.63. The molecule has 1 fully saturated rings. The first-order valence-electron chi connectivity index (χ1n) is 6.83. The van der Waals surface area contributed by atoms with Crippen molar-refractivity contribution in [1.29, 1.82) is 0 Å². The van der Waals surface area contributed by atoms with Gasteiger partial charge in [-0.1, -0.05) is 51.8 Å². The van der Waals surface area contributed by atoms with Crippen LogP contribution in [0, 0.1) is 11.8 Å². The molecule has 0 nitrogen and oxygen atoms in total. The van der Waals surface area contributed by atoms with Gasteiger partial charge in [-0.25, -0.2) is 0 Å². The van der Waals surface area contributed by atoms with E-state index in [-0.39, 0.29) is 0 Å². The van der Waals surface area contributed by atoms with Gasteiger partial charge in [-0.05, 0) is 63.7 Å². The van der Waals surface area contributed by atoms with Gasteiger partial charge in [-0.3, -0.25) is 0 Å². The highest BCUT2D eigenvalue weighted by molar-refractivity contribution is 9.11. The van der Waals surface area contributed by atoms with E-state index in [4.69, 9.17) is 11.6 Å². The molecule has 2 aromatic rings. The number of fused-ring (bicyclic) bond motifs is 3. The molecule has 4 unspecified atom stereocenters. The largest absolute Gasteiger partial charge is 0.130 e. The molecule has 0 N–H and O–H groups in total. The molecule has 20 heavy (non-hydrogen) atoms. The van der Waals surface area contributed by atoms with E-state index >= 15 is 0 Å². The third-order valence-electron chi connectivity index (χ3n) is 4.66. The molecule has 0 saturated heterocycles. The van der Waals surface area contributed by atoms with Gasteiger partial charge in [0, 0.05) is 4.88 Å². The van der Waals surface area contributed by atoms with Crippen LogP contribution in [0.25, 0.3) is 0 Å². The maximum Gasteiger partial charge on any atom is 0.0887 e. The second-order valence-electron chi connectivity index (χ2n) is 5.68. The molecule has 0 spiro atoms. The summed E-state index contributed by atoms with van der Waals surface area (Å²) < 4.78 is 1.04. The number of thiophene rings is 1. The van der Waals surface area contributed by atoms with Crippen LogP contribution in [0.2, 0.25) is 5.02 Å². The van der Waals surface area contributed by atoms with Crippen molar-refractivity contribution in [2.45, 2.75) is 23.6 Å². The summed E-state index contributed by atoms with van der Waals surface area (Å²) in [7, 11) is 0. The van der Waals surface area contributed by atoms with Gasteiger partial charge in [0.05, 0.1) is 13.6 Å². The van der Waals surface area contributed by atoms with Gasteiger partial charge in [0.1, 0.15) is 0 Å². The lowest BCUT2D eigenvalue weighted by atomic mass is 9.92. The zero-order chi connectivity index (χ0) is 13.9. The van der Waals surface area contributed by atoms with Crippen molar-refractivity contribution in [3.05, 3.63) is 55.1 Å². The number of hydrogen-bond donors (Lipinski definition) is 0. The lowest BCUT2D eigenvalue weighted by Crippen LogP contribution is -2.00. The molecule has 1 saturated carbocycles. The van der Waals surface area contributed by atoms with Gasteiger partial charge in [-0.15, -0.1) is 11.3 Å². The van der Waals surface area contributed by atoms with E-state index in [1.54, 1.807) is 22.5 Å². The third-order valence-corrected chi connectivity index (χ3v) is 8.63. The summed E-state index contributed by atoms with van der Waals surface area (Å²) in [6, 6.07) is 11.1. The van der Waals surface area contributed by atoms with Gasteiger partial charge in [0.2, 0.25) is 0 Å². The SMILES string of the molecule is Clc1cc(C(Br)C2C3CCc4ccccc4C32)sc1Br. The highest BCUT2D eigenvalue weighted by Gasteiger charge is 2.56. The zero-order valence-electron chi connectivity index (χ0n) is 10.7. The van der Waals surface area contributed by atoms with Crippen molar-refractivity contribution in [1.82, 2.24) is 0 Å². The van der Waals surface area contributed by atoms with Crippen LogP contribution in [0.1, 0.15) is 33.2 Å². The first-order chi connectivity index (χ1) is 9.66. The molecule has 0 aliphatic heterocycles. The minimum absolute atomic E-state index is 0.428. The summed E-state index contributed by atoms with van der Waals surface area (Å²) in [5.74, 6) is 2.30. The highest BCUT2D eigenvalue weighted by atomic mass is 79.9. The van der Waals surface area contributed by atoms with E-state index in [1.807, 2.05) is 0 Å². The van der Waals surface area contributed by atoms with Gasteiger partial charge >= 0.3 is 0 Å². The predicted molar refractivity (Wildman–Crippen MR) is 93.2 cm³/mol. The van der Waals surface area contributed by atoms with Crippen LogP contribution in [-0.4, -0.2) is 0 Å². The summed E-state index contributed by atoms with van der Waals surface area (Å²) in [6.07, 6.45) is 2.57. The van der Waals surface area contributed by atoms with E-state index in [9.17, 15) is 0 Å². The monoisotopic (exact) mass is 430 g/mol. The number of hydrogen-bond acceptors (Lipinski definition) is 1. The molecule has 0 radical (unpaired) electrons. The summed E-state index contributed by atoms with van der Waals surface area (Å²) in [6.45, 7) is 0. The van der Waals surface area contributed by atoms with Crippen molar-refractivity contribution in [2.75, 3.05) is 0 Å². The smallest absolute Gasteiger partial charge is 0.0887 e. The van der Waals surface area contributed by atoms with Gasteiger partial charge < -0.3 is 0 Å². The fourth-order valence-electron chi connectivity index (χ4n) is 3.71. The minimum Gasteiger partial charge on any atom is -0.130 e. The van der Waals surface area contributed by atoms with E-state index in [1.165, 1.54) is 17.7 Å². The second kappa shape index (κ2) is 5.12. The molecule has 1 heterocycles. The predicted octanol–water partition coefficient (Wildman–Crippen LogP) is 6.58. The van der Waals surface area contributed by atoms with E-state index in [2.05, 4.69) is 62.2 Å². The summed E-state index contributed by atoms with van der Waals surface area (Å²) in [5, 5.41) is 0.832. The van der Waals surface area contributed by atoms with E-state index in [0.29, 0.717) is 4.83 Å². The molecule has 0 amide bonds. The van der Waals surface area contributed by atoms with Crippen LogP contribution >= 0.6 is 54.8 Å². The van der Waals surface area contributed by atoms with Crippen molar-refractivity contribution in [3.8, 4) is 0 Å². The Labute approximate surface area is 144 Å². The molecule has 4 atom stereocenters.